The van der Waals surface area contributed by atoms with E-state index in [-0.39, 0.29) is 23.7 Å². The van der Waals surface area contributed by atoms with Gasteiger partial charge in [0.15, 0.2) is 6.23 Å². The van der Waals surface area contributed by atoms with Gasteiger partial charge >= 0.3 is 12.1 Å². The van der Waals surface area contributed by atoms with Gasteiger partial charge in [-0.05, 0) is 37.9 Å². The van der Waals surface area contributed by atoms with E-state index in [9.17, 15) is 26.7 Å². The van der Waals surface area contributed by atoms with Crippen LogP contribution in [0.3, 0.4) is 0 Å². The van der Waals surface area contributed by atoms with Crippen LogP contribution < -0.4 is 10.1 Å². The van der Waals surface area contributed by atoms with Crippen LogP contribution >= 0.6 is 0 Å². The predicted octanol–water partition coefficient (Wildman–Crippen LogP) is 4.25. The Morgan fingerprint density at radius 2 is 1.97 bits per heavy atom. The number of esters is 1. The molecule has 1 atom stereocenters. The number of alkyl halides is 3. The molecular formula is C20H22F5N3O3. The Balaban J connectivity index is 1.81. The van der Waals surface area contributed by atoms with Crippen molar-refractivity contribution in [3.05, 3.63) is 47.2 Å². The maximum absolute atomic E-state index is 13.9. The number of nitrogens with one attached hydrogen (secondary N) is 1. The number of halogens is 5. The summed E-state index contributed by atoms with van der Waals surface area (Å²) in [5.41, 5.74) is 0.109. The van der Waals surface area contributed by atoms with E-state index in [0.717, 1.165) is 37.8 Å². The minimum atomic E-state index is -5.15. The van der Waals surface area contributed by atoms with E-state index in [1.807, 2.05) is 0 Å². The number of ether oxygens (including phenoxy) is 2. The highest BCUT2D eigenvalue weighted by atomic mass is 19.4. The van der Waals surface area contributed by atoms with E-state index >= 15 is 0 Å². The van der Waals surface area contributed by atoms with Crippen molar-refractivity contribution < 1.29 is 36.2 Å². The van der Waals surface area contributed by atoms with Crippen LogP contribution in [0.1, 0.15) is 43.2 Å². The van der Waals surface area contributed by atoms with Gasteiger partial charge in [0.05, 0.1) is 0 Å². The highest BCUT2D eigenvalue weighted by molar-refractivity contribution is 5.75. The third-order valence-corrected chi connectivity index (χ3v) is 5.05. The van der Waals surface area contributed by atoms with Crippen LogP contribution in [0, 0.1) is 17.6 Å². The Bertz CT molecular complexity index is 910. The normalized spacial score (nSPS) is 15.8. The van der Waals surface area contributed by atoms with Crippen LogP contribution in [0.4, 0.5) is 22.0 Å². The smallest absolute Gasteiger partial charge is 0.473 e. The summed E-state index contributed by atoms with van der Waals surface area (Å²) < 4.78 is 76.3. The second-order valence-electron chi connectivity index (χ2n) is 7.34. The molecule has 1 fully saturated rings. The van der Waals surface area contributed by atoms with Gasteiger partial charge < -0.3 is 9.47 Å². The minimum absolute atomic E-state index is 0.00711. The van der Waals surface area contributed by atoms with Crippen LogP contribution in [0.15, 0.2) is 24.3 Å². The molecule has 11 heteroatoms. The van der Waals surface area contributed by atoms with Crippen molar-refractivity contribution in [3.63, 3.8) is 0 Å². The molecule has 1 N–H and O–H groups in total. The van der Waals surface area contributed by atoms with Crippen molar-refractivity contribution in [1.29, 1.82) is 0 Å². The fourth-order valence-electron chi connectivity index (χ4n) is 3.46. The van der Waals surface area contributed by atoms with E-state index < -0.39 is 30.0 Å². The first-order valence-corrected chi connectivity index (χ1v) is 9.77. The van der Waals surface area contributed by atoms with Gasteiger partial charge in [-0.3, -0.25) is 5.32 Å². The summed E-state index contributed by atoms with van der Waals surface area (Å²) in [4.78, 5) is 11.2. The third kappa shape index (κ3) is 5.93. The zero-order chi connectivity index (χ0) is 22.6. The van der Waals surface area contributed by atoms with Crippen LogP contribution in [-0.2, 0) is 22.7 Å². The van der Waals surface area contributed by atoms with Gasteiger partial charge in [-0.25, -0.2) is 18.3 Å². The number of carbonyl (C=O) groups excluding carboxylic acids is 1. The number of hydrogen-bond acceptors (Lipinski definition) is 5. The molecule has 0 aliphatic heterocycles. The van der Waals surface area contributed by atoms with Gasteiger partial charge in [0, 0.05) is 24.2 Å². The summed E-state index contributed by atoms with van der Waals surface area (Å²) in [6.07, 6.45) is -2.53. The average molecular weight is 447 g/mol. The maximum atomic E-state index is 13.9. The van der Waals surface area contributed by atoms with Gasteiger partial charge in [0.25, 0.3) is 0 Å². The van der Waals surface area contributed by atoms with E-state index in [0.29, 0.717) is 12.5 Å². The molecule has 1 aliphatic carbocycles. The summed E-state index contributed by atoms with van der Waals surface area (Å²) in [5.74, 6) is -3.38. The van der Waals surface area contributed by atoms with Crippen molar-refractivity contribution in [2.75, 3.05) is 7.05 Å². The molecule has 1 heterocycles. The van der Waals surface area contributed by atoms with Crippen LogP contribution in [0.5, 0.6) is 5.88 Å². The van der Waals surface area contributed by atoms with Gasteiger partial charge in [0.2, 0.25) is 5.88 Å². The fourth-order valence-corrected chi connectivity index (χ4v) is 3.46. The van der Waals surface area contributed by atoms with Crippen LogP contribution in [-0.4, -0.2) is 29.0 Å². The minimum Gasteiger partial charge on any atom is -0.473 e. The lowest BCUT2D eigenvalue weighted by atomic mass is 10.1. The topological polar surface area (TPSA) is 65.4 Å². The molecule has 0 saturated heterocycles. The van der Waals surface area contributed by atoms with E-state index in [1.54, 1.807) is 0 Å². The Kier molecular flexibility index (Phi) is 7.14. The molecule has 170 valence electrons. The molecule has 1 unspecified atom stereocenters. The summed E-state index contributed by atoms with van der Waals surface area (Å²) in [7, 11) is 1.32. The SMILES string of the molecule is CNC(OC(=O)C(F)(F)F)c1cc(OCc2ccc(F)cc2F)n(CC2CCCC2)n1. The zero-order valence-electron chi connectivity index (χ0n) is 16.7. The maximum Gasteiger partial charge on any atom is 0.490 e. The Morgan fingerprint density at radius 3 is 2.58 bits per heavy atom. The lowest BCUT2D eigenvalue weighted by Crippen LogP contribution is -2.31. The number of nitrogens with zero attached hydrogens (tertiary/aromatic N) is 2. The number of hydrogen-bond donors (Lipinski definition) is 1. The highest BCUT2D eigenvalue weighted by Gasteiger charge is 2.42. The van der Waals surface area contributed by atoms with Crippen LogP contribution in [0.25, 0.3) is 0 Å². The van der Waals surface area contributed by atoms with Crippen molar-refractivity contribution in [2.24, 2.45) is 5.92 Å². The lowest BCUT2D eigenvalue weighted by Gasteiger charge is -2.16. The Hall–Kier alpha value is -2.69. The predicted molar refractivity (Wildman–Crippen MR) is 98.8 cm³/mol. The molecule has 0 radical (unpaired) electrons. The molecule has 3 rings (SSSR count). The first-order chi connectivity index (χ1) is 14.7. The van der Waals surface area contributed by atoms with Gasteiger partial charge in [-0.2, -0.15) is 18.3 Å². The third-order valence-electron chi connectivity index (χ3n) is 5.05. The molecule has 0 bridgehead atoms. The number of carbonyl (C=O) groups is 1. The molecule has 1 saturated carbocycles. The number of rotatable bonds is 8. The highest BCUT2D eigenvalue weighted by Crippen LogP contribution is 2.30. The lowest BCUT2D eigenvalue weighted by molar-refractivity contribution is -0.206. The van der Waals surface area contributed by atoms with E-state index in [1.165, 1.54) is 23.9 Å². The molecular weight excluding hydrogens is 425 g/mol. The van der Waals surface area contributed by atoms with Gasteiger partial charge in [-0.15, -0.1) is 0 Å². The molecule has 0 spiro atoms. The first-order valence-electron chi connectivity index (χ1n) is 9.77. The number of aromatic nitrogens is 2. The molecule has 1 aromatic carbocycles. The summed E-state index contributed by atoms with van der Waals surface area (Å²) in [5, 5.41) is 6.73. The Labute approximate surface area is 175 Å². The average Bonchev–Trinajstić information content (AvgIpc) is 3.35. The van der Waals surface area contributed by atoms with E-state index in [4.69, 9.17) is 4.74 Å². The molecule has 0 amide bonds. The van der Waals surface area contributed by atoms with Crippen molar-refractivity contribution >= 4 is 5.97 Å². The van der Waals surface area contributed by atoms with Gasteiger partial charge in [0.1, 0.15) is 23.9 Å². The standard InChI is InChI=1S/C20H22F5N3O3/c1-26-18(31-19(29)20(23,24)25)16-9-17(28(27-16)10-12-4-2-3-5-12)30-11-13-6-7-14(21)8-15(13)22/h6-9,12,18,26H,2-5,10-11H2,1H3. The summed E-state index contributed by atoms with van der Waals surface area (Å²) in [6, 6.07) is 4.40. The van der Waals surface area contributed by atoms with Crippen molar-refractivity contribution in [3.8, 4) is 5.88 Å². The quantitative estimate of drug-likeness (QED) is 0.372. The molecule has 2 aromatic rings. The number of benzene rings is 1. The monoisotopic (exact) mass is 447 g/mol. The summed E-state index contributed by atoms with van der Waals surface area (Å²) >= 11 is 0. The van der Waals surface area contributed by atoms with E-state index in [2.05, 4.69) is 15.2 Å². The molecule has 1 aliphatic rings. The second kappa shape index (κ2) is 9.63. The largest absolute Gasteiger partial charge is 0.490 e. The molecule has 1 aromatic heterocycles. The van der Waals surface area contributed by atoms with Crippen molar-refractivity contribution in [2.45, 2.75) is 51.2 Å². The molecule has 6 nitrogen and oxygen atoms in total. The Morgan fingerprint density at radius 1 is 1.26 bits per heavy atom. The van der Waals surface area contributed by atoms with Gasteiger partial charge in [-0.1, -0.05) is 12.8 Å². The summed E-state index contributed by atoms with van der Waals surface area (Å²) in [6.45, 7) is 0.208. The molecule has 31 heavy (non-hydrogen) atoms. The zero-order valence-corrected chi connectivity index (χ0v) is 16.7. The van der Waals surface area contributed by atoms with Crippen molar-refractivity contribution in [1.82, 2.24) is 15.1 Å². The fraction of sp³-hybridized carbons (Fsp3) is 0.500. The van der Waals surface area contributed by atoms with Crippen LogP contribution in [0.2, 0.25) is 0 Å². The second-order valence-corrected chi connectivity index (χ2v) is 7.34. The first kappa shape index (κ1) is 23.0.